The van der Waals surface area contributed by atoms with Crippen molar-refractivity contribution in [1.82, 2.24) is 24.5 Å². The van der Waals surface area contributed by atoms with Crippen molar-refractivity contribution in [3.63, 3.8) is 0 Å². The Morgan fingerprint density at radius 2 is 2.21 bits per heavy atom. The van der Waals surface area contributed by atoms with Crippen molar-refractivity contribution in [2.24, 2.45) is 0 Å². The zero-order chi connectivity index (χ0) is 16.7. The number of imidazole rings is 1. The van der Waals surface area contributed by atoms with E-state index in [2.05, 4.69) is 32.4 Å². The molecular formula is C16H17ClN6O. The summed E-state index contributed by atoms with van der Waals surface area (Å²) in [5, 5.41) is 22.6. The molecule has 3 aromatic rings. The minimum Gasteiger partial charge on any atom is -0.507 e. The molecule has 124 valence electrons. The average molecular weight is 345 g/mol. The maximum atomic E-state index is 10.2. The third-order valence-electron chi connectivity index (χ3n) is 4.26. The van der Waals surface area contributed by atoms with Gasteiger partial charge in [-0.2, -0.15) is 0 Å². The van der Waals surface area contributed by atoms with Crippen molar-refractivity contribution >= 4 is 23.1 Å². The Morgan fingerprint density at radius 3 is 2.96 bits per heavy atom. The van der Waals surface area contributed by atoms with Gasteiger partial charge in [0.15, 0.2) is 17.3 Å². The Kier molecular flexibility index (Phi) is 3.74. The van der Waals surface area contributed by atoms with E-state index in [0.29, 0.717) is 33.9 Å². The van der Waals surface area contributed by atoms with Gasteiger partial charge in [0, 0.05) is 30.0 Å². The lowest BCUT2D eigenvalue weighted by Crippen LogP contribution is -2.24. The molecule has 1 aliphatic rings. The molecule has 3 heterocycles. The standard InChI is InChI=1S/C16H17ClN6O/c1-22-6-4-11(9-22)19-14-16-18-5-7-23(16)15(21-20-14)12-3-2-10(17)8-13(12)24/h2-3,5,7-8,11,24H,4,6,9H2,1H3,(H,19,20). The number of nitrogens with one attached hydrogen (secondary N) is 1. The first kappa shape index (κ1) is 15.2. The number of nitrogens with zero attached hydrogens (tertiary/aromatic N) is 5. The molecule has 0 amide bonds. The summed E-state index contributed by atoms with van der Waals surface area (Å²) in [4.78, 5) is 6.66. The second kappa shape index (κ2) is 5.92. The van der Waals surface area contributed by atoms with Crippen LogP contribution in [0.25, 0.3) is 17.0 Å². The van der Waals surface area contributed by atoms with Gasteiger partial charge >= 0.3 is 0 Å². The number of fused-ring (bicyclic) bond motifs is 1. The molecule has 1 aliphatic heterocycles. The van der Waals surface area contributed by atoms with Gasteiger partial charge in [0.05, 0.1) is 5.56 Å². The fraction of sp³-hybridized carbons (Fsp3) is 0.312. The number of hydrogen-bond acceptors (Lipinski definition) is 6. The van der Waals surface area contributed by atoms with Gasteiger partial charge in [-0.3, -0.25) is 4.40 Å². The topological polar surface area (TPSA) is 78.6 Å². The van der Waals surface area contributed by atoms with Crippen molar-refractivity contribution in [2.75, 3.05) is 25.5 Å². The molecule has 1 unspecified atom stereocenters. The fourth-order valence-electron chi connectivity index (χ4n) is 3.06. The molecule has 2 aromatic heterocycles. The van der Waals surface area contributed by atoms with E-state index < -0.39 is 0 Å². The summed E-state index contributed by atoms with van der Waals surface area (Å²) in [6.07, 6.45) is 4.56. The van der Waals surface area contributed by atoms with Gasteiger partial charge in [0.1, 0.15) is 5.75 Å². The first-order valence-electron chi connectivity index (χ1n) is 7.75. The third kappa shape index (κ3) is 2.65. The van der Waals surface area contributed by atoms with E-state index in [1.165, 1.54) is 6.07 Å². The van der Waals surface area contributed by atoms with E-state index in [1.54, 1.807) is 24.5 Å². The minimum atomic E-state index is 0.0601. The van der Waals surface area contributed by atoms with Crippen LogP contribution in [-0.2, 0) is 0 Å². The molecule has 7 nitrogen and oxygen atoms in total. The Hall–Kier alpha value is -2.38. The second-order valence-electron chi connectivity index (χ2n) is 6.05. The molecule has 1 saturated heterocycles. The van der Waals surface area contributed by atoms with Crippen LogP contribution in [0.15, 0.2) is 30.6 Å². The molecule has 0 radical (unpaired) electrons. The molecule has 2 N–H and O–H groups in total. The number of benzene rings is 1. The van der Waals surface area contributed by atoms with Crippen LogP contribution in [0, 0.1) is 0 Å². The Labute approximate surface area is 143 Å². The number of aromatic hydroxyl groups is 1. The van der Waals surface area contributed by atoms with Crippen LogP contribution in [0.5, 0.6) is 5.75 Å². The van der Waals surface area contributed by atoms with E-state index >= 15 is 0 Å². The van der Waals surface area contributed by atoms with Crippen molar-refractivity contribution < 1.29 is 5.11 Å². The molecule has 0 aliphatic carbocycles. The number of phenols is 1. The van der Waals surface area contributed by atoms with Crippen molar-refractivity contribution in [3.05, 3.63) is 35.6 Å². The van der Waals surface area contributed by atoms with E-state index in [-0.39, 0.29) is 5.75 Å². The van der Waals surface area contributed by atoms with E-state index in [9.17, 15) is 5.11 Å². The lowest BCUT2D eigenvalue weighted by atomic mass is 10.2. The second-order valence-corrected chi connectivity index (χ2v) is 6.48. The van der Waals surface area contributed by atoms with Crippen LogP contribution in [-0.4, -0.2) is 55.8 Å². The van der Waals surface area contributed by atoms with Crippen molar-refractivity contribution in [1.29, 1.82) is 0 Å². The smallest absolute Gasteiger partial charge is 0.192 e. The predicted molar refractivity (Wildman–Crippen MR) is 92.4 cm³/mol. The van der Waals surface area contributed by atoms with E-state index in [0.717, 1.165) is 19.5 Å². The lowest BCUT2D eigenvalue weighted by molar-refractivity contribution is 0.414. The van der Waals surface area contributed by atoms with Gasteiger partial charge in [-0.25, -0.2) is 4.98 Å². The largest absolute Gasteiger partial charge is 0.507 e. The number of hydrogen-bond donors (Lipinski definition) is 2. The SMILES string of the molecule is CN1CCC(Nc2nnc(-c3ccc(Cl)cc3O)n3ccnc23)C1. The number of rotatable bonds is 3. The summed E-state index contributed by atoms with van der Waals surface area (Å²) in [7, 11) is 2.10. The van der Waals surface area contributed by atoms with Gasteiger partial charge < -0.3 is 15.3 Å². The molecule has 4 rings (SSSR count). The predicted octanol–water partition coefficient (Wildman–Crippen LogP) is 2.27. The fourth-order valence-corrected chi connectivity index (χ4v) is 3.22. The summed E-state index contributed by atoms with van der Waals surface area (Å²) in [6, 6.07) is 5.25. The molecule has 1 atom stereocenters. The quantitative estimate of drug-likeness (QED) is 0.759. The highest BCUT2D eigenvalue weighted by Gasteiger charge is 2.22. The molecule has 24 heavy (non-hydrogen) atoms. The maximum absolute atomic E-state index is 10.2. The molecule has 1 aromatic carbocycles. The zero-order valence-electron chi connectivity index (χ0n) is 13.1. The van der Waals surface area contributed by atoms with Crippen LogP contribution in [0.2, 0.25) is 5.02 Å². The average Bonchev–Trinajstić information content (AvgIpc) is 3.18. The van der Waals surface area contributed by atoms with Crippen LogP contribution in [0.4, 0.5) is 5.82 Å². The van der Waals surface area contributed by atoms with Crippen molar-refractivity contribution in [3.8, 4) is 17.1 Å². The summed E-state index contributed by atoms with van der Waals surface area (Å²) in [6.45, 7) is 2.03. The number of halogens is 1. The molecule has 0 saturated carbocycles. The Bertz CT molecular complexity index is 895. The van der Waals surface area contributed by atoms with Gasteiger partial charge in [-0.05, 0) is 38.2 Å². The molecule has 8 heteroatoms. The molecular weight excluding hydrogens is 328 g/mol. The van der Waals surface area contributed by atoms with E-state index in [4.69, 9.17) is 11.6 Å². The highest BCUT2D eigenvalue weighted by molar-refractivity contribution is 6.30. The monoisotopic (exact) mass is 344 g/mol. The third-order valence-corrected chi connectivity index (χ3v) is 4.49. The number of anilines is 1. The molecule has 0 bridgehead atoms. The zero-order valence-corrected chi connectivity index (χ0v) is 13.9. The Balaban J connectivity index is 1.74. The van der Waals surface area contributed by atoms with Crippen LogP contribution >= 0.6 is 11.6 Å². The van der Waals surface area contributed by atoms with Crippen LogP contribution in [0.1, 0.15) is 6.42 Å². The number of likely N-dealkylation sites (tertiary alicyclic amines) is 1. The minimum absolute atomic E-state index is 0.0601. The maximum Gasteiger partial charge on any atom is 0.192 e. The first-order chi connectivity index (χ1) is 11.6. The lowest BCUT2D eigenvalue weighted by Gasteiger charge is -2.14. The summed E-state index contributed by atoms with van der Waals surface area (Å²) in [5.74, 6) is 1.23. The highest BCUT2D eigenvalue weighted by atomic mass is 35.5. The number of phenolic OH excluding ortho intramolecular Hbond substituents is 1. The van der Waals surface area contributed by atoms with Gasteiger partial charge in [-0.1, -0.05) is 11.6 Å². The van der Waals surface area contributed by atoms with Crippen LogP contribution in [0.3, 0.4) is 0 Å². The molecule has 1 fully saturated rings. The van der Waals surface area contributed by atoms with Crippen LogP contribution < -0.4 is 5.32 Å². The summed E-state index contributed by atoms with van der Waals surface area (Å²) in [5.41, 5.74) is 1.24. The first-order valence-corrected chi connectivity index (χ1v) is 8.13. The molecule has 0 spiro atoms. The van der Waals surface area contributed by atoms with Gasteiger partial charge in [0.2, 0.25) is 0 Å². The van der Waals surface area contributed by atoms with E-state index in [1.807, 2.05) is 4.40 Å². The number of aromatic nitrogens is 4. The number of likely N-dealkylation sites (N-methyl/N-ethyl adjacent to an activating group) is 1. The van der Waals surface area contributed by atoms with Gasteiger partial charge in [-0.15, -0.1) is 10.2 Å². The van der Waals surface area contributed by atoms with Crippen molar-refractivity contribution in [2.45, 2.75) is 12.5 Å². The summed E-state index contributed by atoms with van der Waals surface area (Å²) < 4.78 is 1.82. The van der Waals surface area contributed by atoms with Gasteiger partial charge in [0.25, 0.3) is 0 Å². The summed E-state index contributed by atoms with van der Waals surface area (Å²) >= 11 is 5.90. The normalized spacial score (nSPS) is 18.3. The highest BCUT2D eigenvalue weighted by Crippen LogP contribution is 2.31. The Morgan fingerprint density at radius 1 is 1.33 bits per heavy atom.